The van der Waals surface area contributed by atoms with Crippen molar-refractivity contribution in [2.45, 2.75) is 25.7 Å². The molecule has 1 aromatic carbocycles. The molecule has 0 radical (unpaired) electrons. The van der Waals surface area contributed by atoms with Crippen LogP contribution in [-0.4, -0.2) is 63.8 Å². The molecule has 0 N–H and O–H groups in total. The van der Waals surface area contributed by atoms with Crippen LogP contribution in [0.25, 0.3) is 10.6 Å². The Balaban J connectivity index is 1.39. The zero-order valence-electron chi connectivity index (χ0n) is 17.9. The molecule has 1 unspecified atom stereocenters. The Hall–Kier alpha value is -3.13. The highest BCUT2D eigenvalue weighted by Crippen LogP contribution is 2.27. The average Bonchev–Trinajstić information content (AvgIpc) is 3.44. The molecule has 1 aliphatic rings. The monoisotopic (exact) mass is 435 g/mol. The van der Waals surface area contributed by atoms with Crippen molar-refractivity contribution >= 4 is 23.2 Å². The van der Waals surface area contributed by atoms with E-state index >= 15 is 0 Å². The van der Waals surface area contributed by atoms with Crippen molar-refractivity contribution in [2.24, 2.45) is 0 Å². The lowest BCUT2D eigenvalue weighted by molar-refractivity contribution is -0.129. The van der Waals surface area contributed by atoms with Crippen molar-refractivity contribution in [3.63, 3.8) is 0 Å². The van der Waals surface area contributed by atoms with Crippen LogP contribution in [0.5, 0.6) is 0 Å². The number of aromatic nitrogens is 3. The number of hydrogen-bond acceptors (Lipinski definition) is 6. The molecule has 8 heteroatoms. The van der Waals surface area contributed by atoms with Gasteiger partial charge in [0.1, 0.15) is 10.8 Å². The molecule has 0 bridgehead atoms. The Morgan fingerprint density at radius 1 is 1.19 bits per heavy atom. The summed E-state index contributed by atoms with van der Waals surface area (Å²) in [6.07, 6.45) is 2.72. The second-order valence-corrected chi connectivity index (χ2v) is 8.80. The lowest BCUT2D eigenvalue weighted by atomic mass is 10.1. The third-order valence-corrected chi connectivity index (χ3v) is 6.39. The van der Waals surface area contributed by atoms with Crippen LogP contribution in [0.3, 0.4) is 0 Å². The Labute approximate surface area is 185 Å². The molecule has 1 aliphatic heterocycles. The number of nitrogens with zero attached hydrogens (tertiary/aromatic N) is 5. The largest absolute Gasteiger partial charge is 0.345 e. The van der Waals surface area contributed by atoms with Gasteiger partial charge in [-0.1, -0.05) is 30.3 Å². The van der Waals surface area contributed by atoms with Crippen LogP contribution in [0.4, 0.5) is 0 Å². The number of benzene rings is 1. The van der Waals surface area contributed by atoms with E-state index in [1.807, 2.05) is 47.5 Å². The molecule has 1 atom stereocenters. The maximum Gasteiger partial charge on any atom is 0.256 e. The van der Waals surface area contributed by atoms with Crippen LogP contribution < -0.4 is 0 Å². The van der Waals surface area contributed by atoms with Gasteiger partial charge in [-0.3, -0.25) is 9.59 Å². The van der Waals surface area contributed by atoms with Crippen LogP contribution >= 0.6 is 11.3 Å². The summed E-state index contributed by atoms with van der Waals surface area (Å²) in [5.74, 6) is 0.749. The molecule has 0 aliphatic carbocycles. The van der Waals surface area contributed by atoms with Gasteiger partial charge in [-0.25, -0.2) is 15.0 Å². The number of carbonyl (C=O) groups is 2. The summed E-state index contributed by atoms with van der Waals surface area (Å²) in [6, 6.07) is 9.99. The van der Waals surface area contributed by atoms with Gasteiger partial charge in [0, 0.05) is 50.2 Å². The fourth-order valence-corrected chi connectivity index (χ4v) is 4.52. The van der Waals surface area contributed by atoms with Gasteiger partial charge in [0.2, 0.25) is 5.91 Å². The molecule has 1 fully saturated rings. The molecule has 4 rings (SSSR count). The molecule has 160 valence electrons. The lowest BCUT2D eigenvalue weighted by Crippen LogP contribution is -2.30. The second-order valence-electron chi connectivity index (χ2n) is 7.94. The van der Waals surface area contributed by atoms with Crippen molar-refractivity contribution in [3.05, 3.63) is 64.7 Å². The number of likely N-dealkylation sites (tertiary alicyclic amines) is 1. The summed E-state index contributed by atoms with van der Waals surface area (Å²) in [5.41, 5.74) is 3.05. The van der Waals surface area contributed by atoms with Crippen molar-refractivity contribution in [3.8, 4) is 10.6 Å². The molecule has 2 amide bonds. The van der Waals surface area contributed by atoms with Crippen LogP contribution in [0, 0.1) is 6.92 Å². The van der Waals surface area contributed by atoms with E-state index in [4.69, 9.17) is 0 Å². The van der Waals surface area contributed by atoms with E-state index in [2.05, 4.69) is 15.0 Å². The number of carbonyl (C=O) groups excluding carboxylic acids is 2. The molecule has 7 nitrogen and oxygen atoms in total. The van der Waals surface area contributed by atoms with Gasteiger partial charge in [-0.15, -0.1) is 11.3 Å². The summed E-state index contributed by atoms with van der Waals surface area (Å²) in [4.78, 5) is 42.0. The van der Waals surface area contributed by atoms with Crippen LogP contribution in [0.15, 0.2) is 41.9 Å². The predicted octanol–water partition coefficient (Wildman–Crippen LogP) is 3.17. The zero-order chi connectivity index (χ0) is 22.0. The number of hydrogen-bond donors (Lipinski definition) is 0. The van der Waals surface area contributed by atoms with Gasteiger partial charge in [0.15, 0.2) is 0 Å². The molecular formula is C23H25N5O2S. The van der Waals surface area contributed by atoms with Crippen molar-refractivity contribution in [2.75, 3.05) is 27.2 Å². The van der Waals surface area contributed by atoms with Gasteiger partial charge in [-0.2, -0.15) is 0 Å². The first-order valence-electron chi connectivity index (χ1n) is 10.2. The minimum atomic E-state index is -0.106. The molecule has 0 spiro atoms. The first-order chi connectivity index (χ1) is 14.9. The quantitative estimate of drug-likeness (QED) is 0.615. The van der Waals surface area contributed by atoms with Crippen molar-refractivity contribution < 1.29 is 9.59 Å². The van der Waals surface area contributed by atoms with E-state index in [1.54, 1.807) is 31.6 Å². The summed E-state index contributed by atoms with van der Waals surface area (Å²) in [5, 5.41) is 2.89. The maximum absolute atomic E-state index is 12.8. The van der Waals surface area contributed by atoms with E-state index in [9.17, 15) is 9.59 Å². The van der Waals surface area contributed by atoms with Crippen molar-refractivity contribution in [1.82, 2.24) is 24.8 Å². The van der Waals surface area contributed by atoms with Crippen molar-refractivity contribution in [1.29, 1.82) is 0 Å². The molecular weight excluding hydrogens is 410 g/mol. The minimum absolute atomic E-state index is 0.0727. The average molecular weight is 436 g/mol. The van der Waals surface area contributed by atoms with E-state index in [0.29, 0.717) is 36.6 Å². The van der Waals surface area contributed by atoms with E-state index < -0.39 is 0 Å². The van der Waals surface area contributed by atoms with E-state index in [0.717, 1.165) is 22.7 Å². The second kappa shape index (κ2) is 8.93. The summed E-state index contributed by atoms with van der Waals surface area (Å²) in [7, 11) is 3.42. The van der Waals surface area contributed by atoms with Gasteiger partial charge >= 0.3 is 0 Å². The number of rotatable bonds is 5. The third-order valence-electron chi connectivity index (χ3n) is 5.45. The Morgan fingerprint density at radius 2 is 1.97 bits per heavy atom. The highest BCUT2D eigenvalue weighted by Gasteiger charge is 2.30. The summed E-state index contributed by atoms with van der Waals surface area (Å²) >= 11 is 1.56. The predicted molar refractivity (Wildman–Crippen MR) is 120 cm³/mol. The first-order valence-corrected chi connectivity index (χ1v) is 11.1. The normalized spacial score (nSPS) is 15.8. The number of thiazole rings is 1. The van der Waals surface area contributed by atoms with E-state index in [1.165, 1.54) is 4.90 Å². The van der Waals surface area contributed by atoms with E-state index in [-0.39, 0.29) is 17.7 Å². The molecule has 3 heterocycles. The Morgan fingerprint density at radius 3 is 2.68 bits per heavy atom. The minimum Gasteiger partial charge on any atom is -0.345 e. The van der Waals surface area contributed by atoms with Crippen LogP contribution in [0.2, 0.25) is 0 Å². The fraction of sp³-hybridized carbons (Fsp3) is 0.348. The topological polar surface area (TPSA) is 79.3 Å². The highest BCUT2D eigenvalue weighted by atomic mass is 32.1. The van der Waals surface area contributed by atoms with Crippen LogP contribution in [0.1, 0.15) is 39.9 Å². The van der Waals surface area contributed by atoms with Gasteiger partial charge in [-0.05, 0) is 13.3 Å². The van der Waals surface area contributed by atoms with Gasteiger partial charge in [0.05, 0.1) is 23.4 Å². The zero-order valence-corrected chi connectivity index (χ0v) is 18.7. The number of amides is 2. The molecule has 0 saturated carbocycles. The Bertz CT molecular complexity index is 1100. The third kappa shape index (κ3) is 4.64. The highest BCUT2D eigenvalue weighted by molar-refractivity contribution is 7.13. The smallest absolute Gasteiger partial charge is 0.256 e. The molecule has 31 heavy (non-hydrogen) atoms. The van der Waals surface area contributed by atoms with Gasteiger partial charge < -0.3 is 9.80 Å². The van der Waals surface area contributed by atoms with Gasteiger partial charge in [0.25, 0.3) is 5.91 Å². The Kier molecular flexibility index (Phi) is 6.08. The van der Waals surface area contributed by atoms with Crippen LogP contribution in [-0.2, 0) is 11.2 Å². The molecule has 1 saturated heterocycles. The maximum atomic E-state index is 12.8. The SMILES string of the molecule is Cc1nc(C2CCN(C(=O)Cc3csc(-c4ccccc4)n3)C2)ncc1C(=O)N(C)C. The number of aryl methyl sites for hydroxylation is 1. The summed E-state index contributed by atoms with van der Waals surface area (Å²) in [6.45, 7) is 3.10. The molecule has 3 aromatic rings. The first kappa shape index (κ1) is 21.1. The fourth-order valence-electron chi connectivity index (χ4n) is 3.70. The summed E-state index contributed by atoms with van der Waals surface area (Å²) < 4.78 is 0. The lowest BCUT2D eigenvalue weighted by Gasteiger charge is -2.16. The standard InChI is InChI=1S/C23H25N5O2S/c1-15-19(23(30)27(2)3)12-24-21(25-15)17-9-10-28(13-17)20(29)11-18-14-31-22(26-18)16-7-5-4-6-8-16/h4-8,12,14,17H,9-11,13H2,1-3H3. The molecule has 2 aromatic heterocycles.